The van der Waals surface area contributed by atoms with Crippen LogP contribution in [0, 0.1) is 11.3 Å². The zero-order valence-corrected chi connectivity index (χ0v) is 14.1. The maximum atomic E-state index is 13.3. The summed E-state index contributed by atoms with van der Waals surface area (Å²) < 4.78 is 5.48. The smallest absolute Gasteiger partial charge is 0.241 e. The van der Waals surface area contributed by atoms with Gasteiger partial charge in [0.1, 0.15) is 11.1 Å². The molecule has 3 aliphatic rings. The number of carbonyl (C=O) groups is 1. The van der Waals surface area contributed by atoms with Crippen LogP contribution in [0.25, 0.3) is 0 Å². The van der Waals surface area contributed by atoms with E-state index < -0.39 is 11.1 Å². The van der Waals surface area contributed by atoms with Gasteiger partial charge in [-0.3, -0.25) is 9.69 Å². The van der Waals surface area contributed by atoms with Crippen molar-refractivity contribution in [3.05, 3.63) is 0 Å². The van der Waals surface area contributed by atoms with Gasteiger partial charge in [0.15, 0.2) is 0 Å². The number of rotatable bonds is 3. The topological polar surface area (TPSA) is 65.4 Å². The summed E-state index contributed by atoms with van der Waals surface area (Å²) in [5, 5.41) is 12.9. The number of hydrogen-bond acceptors (Lipinski definition) is 4. The maximum absolute atomic E-state index is 13.3. The van der Waals surface area contributed by atoms with E-state index in [4.69, 9.17) is 4.74 Å². The van der Waals surface area contributed by atoms with E-state index in [1.54, 1.807) is 0 Å². The summed E-state index contributed by atoms with van der Waals surface area (Å²) in [6, 6.07) is 2.43. The standard InChI is InChI=1S/C18H29N3O2/c19-15-17(7-3-1-4-8-17)20-16(22)18(9-5-2-6-10-18)21-11-13-23-14-12-21/h1-14H2,(H,20,22). The van der Waals surface area contributed by atoms with Gasteiger partial charge in [-0.25, -0.2) is 0 Å². The molecule has 1 amide bonds. The molecule has 0 bridgehead atoms. The predicted molar refractivity (Wildman–Crippen MR) is 87.8 cm³/mol. The normalized spacial score (nSPS) is 27.8. The highest BCUT2D eigenvalue weighted by Gasteiger charge is 2.47. The first-order valence-corrected chi connectivity index (χ1v) is 9.28. The summed E-state index contributed by atoms with van der Waals surface area (Å²) in [5.41, 5.74) is -1.05. The second kappa shape index (κ2) is 7.19. The third-order valence-electron chi connectivity index (χ3n) is 5.99. The van der Waals surface area contributed by atoms with Gasteiger partial charge in [0.2, 0.25) is 5.91 Å². The molecule has 3 rings (SSSR count). The van der Waals surface area contributed by atoms with E-state index in [9.17, 15) is 10.1 Å². The molecule has 0 spiro atoms. The molecule has 3 fully saturated rings. The largest absolute Gasteiger partial charge is 0.379 e. The Morgan fingerprint density at radius 1 is 0.957 bits per heavy atom. The third kappa shape index (κ3) is 3.39. The van der Waals surface area contributed by atoms with Crippen molar-refractivity contribution in [2.75, 3.05) is 26.3 Å². The SMILES string of the molecule is N#CC1(NC(=O)C2(N3CCOCC3)CCCCC2)CCCCC1. The highest BCUT2D eigenvalue weighted by molar-refractivity contribution is 5.87. The number of nitriles is 1. The Morgan fingerprint density at radius 3 is 2.09 bits per heavy atom. The monoisotopic (exact) mass is 319 g/mol. The van der Waals surface area contributed by atoms with Gasteiger partial charge in [0.05, 0.1) is 19.3 Å². The van der Waals surface area contributed by atoms with Crippen LogP contribution in [0.3, 0.4) is 0 Å². The molecule has 1 heterocycles. The molecule has 0 radical (unpaired) electrons. The number of nitrogens with one attached hydrogen (secondary N) is 1. The fraction of sp³-hybridized carbons (Fsp3) is 0.889. The molecule has 2 saturated carbocycles. The van der Waals surface area contributed by atoms with Crippen LogP contribution < -0.4 is 5.32 Å². The van der Waals surface area contributed by atoms with Gasteiger partial charge in [-0.1, -0.05) is 38.5 Å². The van der Waals surface area contributed by atoms with E-state index in [1.807, 2.05) is 0 Å². The summed E-state index contributed by atoms with van der Waals surface area (Å²) in [6.45, 7) is 3.07. The van der Waals surface area contributed by atoms with Gasteiger partial charge < -0.3 is 10.1 Å². The Bertz CT molecular complexity index is 453. The lowest BCUT2D eigenvalue weighted by atomic mass is 9.77. The summed E-state index contributed by atoms with van der Waals surface area (Å²) in [7, 11) is 0. The second-order valence-corrected chi connectivity index (χ2v) is 7.40. The lowest BCUT2D eigenvalue weighted by molar-refractivity contribution is -0.142. The van der Waals surface area contributed by atoms with E-state index in [2.05, 4.69) is 16.3 Å². The van der Waals surface area contributed by atoms with Crippen LogP contribution in [0.4, 0.5) is 0 Å². The number of nitrogens with zero attached hydrogens (tertiary/aromatic N) is 2. The number of ether oxygens (including phenoxy) is 1. The third-order valence-corrected chi connectivity index (χ3v) is 5.99. The zero-order valence-electron chi connectivity index (χ0n) is 14.1. The molecule has 1 aliphatic heterocycles. The van der Waals surface area contributed by atoms with Gasteiger partial charge in [-0.15, -0.1) is 0 Å². The fourth-order valence-electron chi connectivity index (χ4n) is 4.57. The Morgan fingerprint density at radius 2 is 1.52 bits per heavy atom. The highest BCUT2D eigenvalue weighted by Crippen LogP contribution is 2.36. The van der Waals surface area contributed by atoms with Crippen molar-refractivity contribution >= 4 is 5.91 Å². The molecule has 0 atom stereocenters. The average Bonchev–Trinajstić information content (AvgIpc) is 2.64. The van der Waals surface area contributed by atoms with Gasteiger partial charge in [-0.2, -0.15) is 5.26 Å². The van der Waals surface area contributed by atoms with Crippen LogP contribution in [0.2, 0.25) is 0 Å². The predicted octanol–water partition coefficient (Wildman–Crippen LogP) is 2.36. The molecule has 5 nitrogen and oxygen atoms in total. The van der Waals surface area contributed by atoms with Crippen molar-refractivity contribution in [2.45, 2.75) is 75.3 Å². The fourth-order valence-corrected chi connectivity index (χ4v) is 4.57. The van der Waals surface area contributed by atoms with Crippen molar-refractivity contribution in [1.29, 1.82) is 5.26 Å². The Kier molecular flexibility index (Phi) is 5.23. The minimum atomic E-state index is -0.633. The van der Waals surface area contributed by atoms with Gasteiger partial charge >= 0.3 is 0 Å². The first-order chi connectivity index (χ1) is 11.2. The van der Waals surface area contributed by atoms with Crippen LogP contribution in [0.1, 0.15) is 64.2 Å². The molecule has 0 aromatic heterocycles. The molecule has 1 saturated heterocycles. The Hall–Kier alpha value is -1.12. The molecule has 0 aromatic rings. The van der Waals surface area contributed by atoms with Crippen molar-refractivity contribution in [3.8, 4) is 6.07 Å². The lowest BCUT2D eigenvalue weighted by Crippen LogP contribution is -2.65. The van der Waals surface area contributed by atoms with E-state index >= 15 is 0 Å². The molecule has 0 unspecified atom stereocenters. The van der Waals surface area contributed by atoms with Crippen LogP contribution in [-0.4, -0.2) is 48.2 Å². The van der Waals surface area contributed by atoms with Crippen LogP contribution in [0.15, 0.2) is 0 Å². The summed E-state index contributed by atoms with van der Waals surface area (Å²) >= 11 is 0. The van der Waals surface area contributed by atoms with Crippen molar-refractivity contribution < 1.29 is 9.53 Å². The molecule has 0 aromatic carbocycles. The first kappa shape index (κ1) is 16.7. The molecular weight excluding hydrogens is 290 g/mol. The molecular formula is C18H29N3O2. The average molecular weight is 319 g/mol. The van der Waals surface area contributed by atoms with Gasteiger partial charge in [-0.05, 0) is 25.7 Å². The summed E-state index contributed by atoms with van der Waals surface area (Å²) in [6.07, 6.45) is 10.1. The van der Waals surface area contributed by atoms with Crippen LogP contribution in [-0.2, 0) is 9.53 Å². The Balaban J connectivity index is 1.78. The number of hydrogen-bond donors (Lipinski definition) is 1. The van der Waals surface area contributed by atoms with Crippen molar-refractivity contribution in [3.63, 3.8) is 0 Å². The molecule has 23 heavy (non-hydrogen) atoms. The van der Waals surface area contributed by atoms with E-state index in [0.29, 0.717) is 13.2 Å². The van der Waals surface area contributed by atoms with E-state index in [1.165, 1.54) is 12.8 Å². The second-order valence-electron chi connectivity index (χ2n) is 7.40. The van der Waals surface area contributed by atoms with Crippen molar-refractivity contribution in [1.82, 2.24) is 10.2 Å². The molecule has 1 N–H and O–H groups in total. The number of carbonyl (C=O) groups excluding carboxylic acids is 1. The van der Waals surface area contributed by atoms with Crippen LogP contribution in [0.5, 0.6) is 0 Å². The quantitative estimate of drug-likeness (QED) is 0.867. The first-order valence-electron chi connectivity index (χ1n) is 9.28. The zero-order chi connectivity index (χ0) is 16.2. The highest BCUT2D eigenvalue weighted by atomic mass is 16.5. The Labute approximate surface area is 139 Å². The summed E-state index contributed by atoms with van der Waals surface area (Å²) in [4.78, 5) is 15.6. The minimum absolute atomic E-state index is 0.0996. The number of morpholine rings is 1. The number of amides is 1. The van der Waals surface area contributed by atoms with Gasteiger partial charge in [0.25, 0.3) is 0 Å². The molecule has 128 valence electrons. The summed E-state index contributed by atoms with van der Waals surface area (Å²) in [5.74, 6) is 0.0996. The minimum Gasteiger partial charge on any atom is -0.379 e. The van der Waals surface area contributed by atoms with E-state index in [-0.39, 0.29) is 5.91 Å². The van der Waals surface area contributed by atoms with E-state index in [0.717, 1.165) is 64.5 Å². The van der Waals surface area contributed by atoms with Crippen LogP contribution >= 0.6 is 0 Å². The maximum Gasteiger partial charge on any atom is 0.241 e. The van der Waals surface area contributed by atoms with Crippen molar-refractivity contribution in [2.24, 2.45) is 0 Å². The van der Waals surface area contributed by atoms with Gasteiger partial charge in [0, 0.05) is 13.1 Å². The molecule has 5 heteroatoms. The molecule has 2 aliphatic carbocycles. The lowest BCUT2D eigenvalue weighted by Gasteiger charge is -2.48.